The van der Waals surface area contributed by atoms with Crippen LogP contribution in [-0.2, 0) is 0 Å². The molecule has 0 aromatic carbocycles. The van der Waals surface area contributed by atoms with Gasteiger partial charge in [-0.3, -0.25) is 0 Å². The summed E-state index contributed by atoms with van der Waals surface area (Å²) in [6, 6.07) is 0. The number of hydrogen-bond acceptors (Lipinski definition) is 2. The van der Waals surface area contributed by atoms with E-state index in [4.69, 9.17) is 4.80 Å². The second-order valence-corrected chi connectivity index (χ2v) is 1.79. The zero-order valence-electron chi connectivity index (χ0n) is 2.05. The first-order valence-electron chi connectivity index (χ1n) is 0.850. The van der Waals surface area contributed by atoms with Gasteiger partial charge in [0.25, 0.3) is 0 Å². The van der Waals surface area contributed by atoms with Crippen molar-refractivity contribution in [3.8, 4) is 0 Å². The van der Waals surface area contributed by atoms with Gasteiger partial charge in [-0.15, -0.1) is 0 Å². The zero-order chi connectivity index (χ0) is 3.41. The first-order chi connectivity index (χ1) is 1.91. The summed E-state index contributed by atoms with van der Waals surface area (Å²) in [5.74, 6) is 0. The summed E-state index contributed by atoms with van der Waals surface area (Å²) in [7, 11) is -0.478. The number of hydrogen-bond donors (Lipinski definition) is 2. The van der Waals surface area contributed by atoms with E-state index in [1.54, 1.807) is 0 Å². The van der Waals surface area contributed by atoms with Crippen molar-refractivity contribution in [1.82, 2.24) is 0 Å². The van der Waals surface area contributed by atoms with Crippen LogP contribution in [0.15, 0.2) is 0 Å². The Morgan fingerprint density at radius 3 is 2.25 bits per heavy atom. The van der Waals surface area contributed by atoms with Gasteiger partial charge in [-0.1, -0.05) is 0 Å². The molecule has 0 aliphatic heterocycles. The fraction of sp³-hybridized carbons (Fsp3) is 0. The molecule has 0 unspecified atom stereocenters. The lowest BCUT2D eigenvalue weighted by molar-refractivity contribution is 0.624. The van der Waals surface area contributed by atoms with Gasteiger partial charge in [-0.25, -0.2) is 0 Å². The molecule has 0 atom stereocenters. The third-order valence-corrected chi connectivity index (χ3v) is 0.600. The molecule has 24 valence electrons. The first kappa shape index (κ1) is 4.24. The summed E-state index contributed by atoms with van der Waals surface area (Å²) in [5, 5.41) is 1.46. The quantitative estimate of drug-likeness (QED) is 0.291. The predicted molar refractivity (Wildman–Crippen MR) is 24.4 cm³/mol. The molecular formula is CH4OSSi. The molecule has 0 heterocycles. The highest BCUT2D eigenvalue weighted by Crippen LogP contribution is 1.42. The number of thiol groups is 1. The van der Waals surface area contributed by atoms with Gasteiger partial charge < -0.3 is 4.80 Å². The Bertz CT molecular complexity index is 23.2. The maximum absolute atomic E-state index is 7.83. The van der Waals surface area contributed by atoms with Crippen molar-refractivity contribution in [2.45, 2.75) is 0 Å². The number of rotatable bonds is 0. The van der Waals surface area contributed by atoms with Gasteiger partial charge >= 0.3 is 0 Å². The molecule has 0 spiro atoms. The zero-order valence-corrected chi connectivity index (χ0v) is 4.10. The second-order valence-electron chi connectivity index (χ2n) is 0.298. The fourth-order valence-electron chi connectivity index (χ4n) is 0. The van der Waals surface area contributed by atoms with Crippen LogP contribution in [0.25, 0.3) is 0 Å². The van der Waals surface area contributed by atoms with E-state index in [1.165, 1.54) is 5.00 Å². The standard InChI is InChI=1S/CH4OSSi/c2-4-1-3/h1-4H. The molecule has 0 fully saturated rings. The van der Waals surface area contributed by atoms with Crippen LogP contribution in [-0.4, -0.2) is 19.2 Å². The molecule has 0 amide bonds. The third kappa shape index (κ3) is 2.24. The molecule has 1 nitrogen and oxygen atoms in total. The molecule has 0 rings (SSSR count). The van der Waals surface area contributed by atoms with E-state index in [1.807, 2.05) is 0 Å². The monoisotopic (exact) mass is 92.0 g/mol. The van der Waals surface area contributed by atoms with Crippen LogP contribution in [0.1, 0.15) is 0 Å². The van der Waals surface area contributed by atoms with E-state index in [0.717, 1.165) is 0 Å². The summed E-state index contributed by atoms with van der Waals surface area (Å²) < 4.78 is 0. The molecule has 0 radical (unpaired) electrons. The maximum Gasteiger partial charge on any atom is 0.218 e. The van der Waals surface area contributed by atoms with Crippen LogP contribution in [0.5, 0.6) is 0 Å². The predicted octanol–water partition coefficient (Wildman–Crippen LogP) is -0.980. The summed E-state index contributed by atoms with van der Waals surface area (Å²) in [6.07, 6.45) is 0. The van der Waals surface area contributed by atoms with Crippen LogP contribution in [0, 0.1) is 0 Å². The minimum atomic E-state index is -0.478. The van der Waals surface area contributed by atoms with Crippen molar-refractivity contribution in [2.24, 2.45) is 0 Å². The topological polar surface area (TPSA) is 20.2 Å². The molecule has 0 saturated carbocycles. The van der Waals surface area contributed by atoms with E-state index < -0.39 is 9.38 Å². The summed E-state index contributed by atoms with van der Waals surface area (Å²) >= 11 is 3.58. The van der Waals surface area contributed by atoms with Crippen molar-refractivity contribution in [3.63, 3.8) is 0 Å². The molecule has 1 N–H and O–H groups in total. The molecule has 0 saturated heterocycles. The Morgan fingerprint density at radius 2 is 2.25 bits per heavy atom. The molecule has 0 bridgehead atoms. The highest BCUT2D eigenvalue weighted by molar-refractivity contribution is 7.96. The van der Waals surface area contributed by atoms with Crippen molar-refractivity contribution in [2.75, 3.05) is 0 Å². The lowest BCUT2D eigenvalue weighted by Crippen LogP contribution is -1.65. The van der Waals surface area contributed by atoms with Crippen LogP contribution in [0.2, 0.25) is 0 Å². The lowest BCUT2D eigenvalue weighted by atomic mass is 11.9. The molecule has 3 heteroatoms. The van der Waals surface area contributed by atoms with Crippen molar-refractivity contribution in [3.05, 3.63) is 0 Å². The van der Waals surface area contributed by atoms with Crippen LogP contribution < -0.4 is 0 Å². The highest BCUT2D eigenvalue weighted by atomic mass is 32.1. The Labute approximate surface area is 32.6 Å². The Kier molecular flexibility index (Phi) is 3.43. The SMILES string of the molecule is O[SiH]=CS. The molecule has 0 aromatic heterocycles. The average molecular weight is 92.2 g/mol. The maximum atomic E-state index is 7.83. The second kappa shape index (κ2) is 3.24. The fourth-order valence-corrected chi connectivity index (χ4v) is 0. The smallest absolute Gasteiger partial charge is 0.218 e. The third-order valence-electron chi connectivity index (χ3n) is 0.0667. The summed E-state index contributed by atoms with van der Waals surface area (Å²) in [5.41, 5.74) is 0. The molecule has 0 aliphatic carbocycles. The molecule has 0 aromatic rings. The van der Waals surface area contributed by atoms with E-state index in [2.05, 4.69) is 12.6 Å². The van der Waals surface area contributed by atoms with Gasteiger partial charge in [0.15, 0.2) is 0 Å². The molecular weight excluding hydrogens is 88.2 g/mol. The van der Waals surface area contributed by atoms with Crippen LogP contribution in [0.4, 0.5) is 0 Å². The Balaban J connectivity index is 2.55. The Morgan fingerprint density at radius 1 is 2.00 bits per heavy atom. The molecule has 0 aliphatic rings. The van der Waals surface area contributed by atoms with Gasteiger partial charge in [0.2, 0.25) is 9.38 Å². The van der Waals surface area contributed by atoms with Gasteiger partial charge in [0.05, 0.1) is 0 Å². The van der Waals surface area contributed by atoms with Gasteiger partial charge in [0, 0.05) is 0 Å². The average Bonchev–Trinajstić information content (AvgIpc) is 1.37. The van der Waals surface area contributed by atoms with Crippen molar-refractivity contribution in [1.29, 1.82) is 0 Å². The largest absolute Gasteiger partial charge is 0.567 e. The van der Waals surface area contributed by atoms with Crippen molar-refractivity contribution < 1.29 is 4.80 Å². The van der Waals surface area contributed by atoms with Crippen molar-refractivity contribution >= 4 is 27.0 Å². The van der Waals surface area contributed by atoms with Gasteiger partial charge in [-0.05, 0) is 5.00 Å². The normalized spacial score (nSPS) is 9.25. The molecule has 4 heavy (non-hydrogen) atoms. The van der Waals surface area contributed by atoms with Gasteiger partial charge in [0.1, 0.15) is 0 Å². The summed E-state index contributed by atoms with van der Waals surface area (Å²) in [6.45, 7) is 0. The van der Waals surface area contributed by atoms with Crippen LogP contribution in [0.3, 0.4) is 0 Å². The summed E-state index contributed by atoms with van der Waals surface area (Å²) in [4.78, 5) is 7.83. The van der Waals surface area contributed by atoms with Crippen LogP contribution >= 0.6 is 12.6 Å². The lowest BCUT2D eigenvalue weighted by Gasteiger charge is -1.51. The van der Waals surface area contributed by atoms with E-state index in [9.17, 15) is 0 Å². The first-order valence-corrected chi connectivity index (χ1v) is 2.55. The minimum absolute atomic E-state index is 0.478. The van der Waals surface area contributed by atoms with Gasteiger partial charge in [-0.2, -0.15) is 12.6 Å². The van der Waals surface area contributed by atoms with E-state index in [0.29, 0.717) is 0 Å². The Hall–Kier alpha value is 0.237. The van der Waals surface area contributed by atoms with E-state index >= 15 is 0 Å². The highest BCUT2D eigenvalue weighted by Gasteiger charge is 1.39. The van der Waals surface area contributed by atoms with E-state index in [-0.39, 0.29) is 0 Å². The minimum Gasteiger partial charge on any atom is -0.567 e.